The van der Waals surface area contributed by atoms with E-state index in [2.05, 4.69) is 0 Å². The van der Waals surface area contributed by atoms with Crippen LogP contribution in [0.1, 0.15) is 12.6 Å². The van der Waals surface area contributed by atoms with Gasteiger partial charge in [-0.3, -0.25) is 14.3 Å². The topological polar surface area (TPSA) is 111 Å². The van der Waals surface area contributed by atoms with Gasteiger partial charge < -0.3 is 14.6 Å². The third-order valence-electron chi connectivity index (χ3n) is 2.96. The summed E-state index contributed by atoms with van der Waals surface area (Å²) >= 11 is 0. The lowest BCUT2D eigenvalue weighted by atomic mass is 10.2. The average Bonchev–Trinajstić information content (AvgIpc) is 2.82. The fourth-order valence-corrected chi connectivity index (χ4v) is 2.76. The number of hydrogen-bond acceptors (Lipinski definition) is 8. The summed E-state index contributed by atoms with van der Waals surface area (Å²) < 4.78 is 24.4. The summed E-state index contributed by atoms with van der Waals surface area (Å²) in [6.07, 6.45) is -0.345. The molecule has 122 valence electrons. The predicted octanol–water partition coefficient (Wildman–Crippen LogP) is 0.472. The summed E-state index contributed by atoms with van der Waals surface area (Å²) in [6, 6.07) is 0. The second-order valence-corrected chi connectivity index (χ2v) is 6.72. The van der Waals surface area contributed by atoms with E-state index in [0.29, 0.717) is 0 Å². The first kappa shape index (κ1) is 17.1. The number of ether oxygens (including phenoxy) is 2. The van der Waals surface area contributed by atoms with E-state index >= 15 is 0 Å². The molecule has 8 nitrogen and oxygen atoms in total. The molecule has 0 radical (unpaired) electrons. The highest BCUT2D eigenvalue weighted by molar-refractivity contribution is 8.81. The Bertz CT molecular complexity index is 663. The lowest BCUT2D eigenvalue weighted by Gasteiger charge is -2.15. The predicted molar refractivity (Wildman–Crippen MR) is 78.3 cm³/mol. The summed E-state index contributed by atoms with van der Waals surface area (Å²) in [5.74, 6) is -1.14. The normalized spacial score (nSPS) is 24.4. The summed E-state index contributed by atoms with van der Waals surface area (Å²) in [5, 5.41) is 9.34. The average molecular weight is 352 g/mol. The van der Waals surface area contributed by atoms with Crippen LogP contribution in [0.3, 0.4) is 0 Å². The minimum absolute atomic E-state index is 0.00325. The Morgan fingerprint density at radius 3 is 3.05 bits per heavy atom. The third-order valence-corrected chi connectivity index (χ3v) is 4.28. The van der Waals surface area contributed by atoms with Crippen molar-refractivity contribution in [1.82, 2.24) is 9.55 Å². The van der Waals surface area contributed by atoms with E-state index in [-0.39, 0.29) is 13.0 Å². The van der Waals surface area contributed by atoms with Crippen LogP contribution in [0.5, 0.6) is 0 Å². The number of aromatic nitrogens is 2. The number of aliphatic hydroxyl groups is 1. The highest BCUT2D eigenvalue weighted by Crippen LogP contribution is 2.28. The van der Waals surface area contributed by atoms with Crippen LogP contribution in [0.4, 0.5) is 9.18 Å². The molecule has 1 aliphatic heterocycles. The first-order valence-electron chi connectivity index (χ1n) is 6.14. The number of halogens is 1. The molecule has 1 saturated heterocycles. The van der Waals surface area contributed by atoms with E-state index in [1.54, 1.807) is 11.2 Å². The first-order valence-corrected chi connectivity index (χ1v) is 8.70. The van der Waals surface area contributed by atoms with Gasteiger partial charge in [0.05, 0.1) is 12.3 Å². The molecule has 0 spiro atoms. The Morgan fingerprint density at radius 1 is 1.64 bits per heavy atom. The molecule has 2 N–H and O–H groups in total. The monoisotopic (exact) mass is 352 g/mol. The quantitative estimate of drug-likeness (QED) is 0.594. The summed E-state index contributed by atoms with van der Waals surface area (Å²) in [5.41, 5.74) is -1.97. The molecule has 0 saturated carbocycles. The number of carbonyl (C=O) groups is 1. The van der Waals surface area contributed by atoms with Crippen LogP contribution in [0.2, 0.25) is 0 Å². The molecule has 1 aromatic heterocycles. The molecule has 0 unspecified atom stereocenters. The Hall–Kier alpha value is -1.30. The van der Waals surface area contributed by atoms with E-state index in [9.17, 15) is 23.9 Å². The van der Waals surface area contributed by atoms with Gasteiger partial charge in [0.1, 0.15) is 18.9 Å². The summed E-state index contributed by atoms with van der Waals surface area (Å²) in [7, 11) is 2.11. The minimum atomic E-state index is -1.14. The lowest BCUT2D eigenvalue weighted by Crippen LogP contribution is -2.34. The molecule has 3 atom stereocenters. The number of carbonyl (C=O) groups excluding carboxylic acids is 1. The zero-order valence-electron chi connectivity index (χ0n) is 11.4. The smallest absolute Gasteiger partial charge is 0.378 e. The van der Waals surface area contributed by atoms with Crippen LogP contribution < -0.4 is 11.2 Å². The van der Waals surface area contributed by atoms with Gasteiger partial charge in [0.2, 0.25) is 5.82 Å². The van der Waals surface area contributed by atoms with Crippen molar-refractivity contribution in [1.29, 1.82) is 0 Å². The summed E-state index contributed by atoms with van der Waals surface area (Å²) in [6.45, 7) is -0.190. The van der Waals surface area contributed by atoms with Crippen LogP contribution in [0.15, 0.2) is 15.8 Å². The molecule has 0 bridgehead atoms. The minimum Gasteiger partial charge on any atom is -0.454 e. The maximum atomic E-state index is 13.2. The third kappa shape index (κ3) is 3.91. The van der Waals surface area contributed by atoms with Crippen LogP contribution in [0.25, 0.3) is 0 Å². The molecule has 0 aliphatic carbocycles. The van der Waals surface area contributed by atoms with Gasteiger partial charge in [-0.05, 0) is 6.26 Å². The Labute approximate surface area is 131 Å². The van der Waals surface area contributed by atoms with Gasteiger partial charge in [-0.25, -0.2) is 9.59 Å². The largest absolute Gasteiger partial charge is 0.454 e. The SMILES string of the molecule is CSSC(=O)OC[C@H]1O[C@@H](n2cc(F)c(=O)[nH]c2=O)C[C@@H]1O. The highest BCUT2D eigenvalue weighted by atomic mass is 33.1. The van der Waals surface area contributed by atoms with Crippen molar-refractivity contribution in [2.75, 3.05) is 12.9 Å². The molecule has 1 fully saturated rings. The first-order chi connectivity index (χ1) is 10.4. The van der Waals surface area contributed by atoms with E-state index in [1.807, 2.05) is 0 Å². The van der Waals surface area contributed by atoms with E-state index in [4.69, 9.17) is 9.47 Å². The zero-order valence-corrected chi connectivity index (χ0v) is 13.0. The maximum absolute atomic E-state index is 13.2. The molecule has 0 aromatic carbocycles. The van der Waals surface area contributed by atoms with Crippen molar-refractivity contribution in [3.05, 3.63) is 32.9 Å². The summed E-state index contributed by atoms with van der Waals surface area (Å²) in [4.78, 5) is 35.6. The van der Waals surface area contributed by atoms with E-state index in [1.165, 1.54) is 10.8 Å². The number of aliphatic hydroxyl groups excluding tert-OH is 1. The maximum Gasteiger partial charge on any atom is 0.378 e. The second-order valence-electron chi connectivity index (χ2n) is 4.39. The number of nitrogens with one attached hydrogen (secondary N) is 1. The van der Waals surface area contributed by atoms with Crippen molar-refractivity contribution < 1.29 is 23.8 Å². The standard InChI is InChI=1S/C11H13FN2O6S2/c1-21-22-11(18)19-4-7-6(15)2-8(20-7)14-3-5(12)9(16)13-10(14)17/h3,6-8,15H,2,4H2,1H3,(H,13,16,17)/t6-,7+,8+/m0/s1. The van der Waals surface area contributed by atoms with Crippen molar-refractivity contribution in [3.63, 3.8) is 0 Å². The van der Waals surface area contributed by atoms with Crippen LogP contribution in [-0.2, 0) is 9.47 Å². The molecule has 0 amide bonds. The van der Waals surface area contributed by atoms with E-state index < -0.39 is 40.8 Å². The molecule has 2 rings (SSSR count). The Kier molecular flexibility index (Phi) is 5.67. The van der Waals surface area contributed by atoms with Crippen LogP contribution in [-0.4, -0.2) is 45.0 Å². The molecular formula is C11H13FN2O6S2. The second kappa shape index (κ2) is 7.31. The van der Waals surface area contributed by atoms with Crippen molar-refractivity contribution in [2.45, 2.75) is 24.9 Å². The molecular weight excluding hydrogens is 339 g/mol. The number of aromatic amines is 1. The van der Waals surface area contributed by atoms with Gasteiger partial charge in [-0.15, -0.1) is 0 Å². The van der Waals surface area contributed by atoms with Crippen LogP contribution in [0, 0.1) is 5.82 Å². The van der Waals surface area contributed by atoms with Crippen LogP contribution >= 0.6 is 21.6 Å². The number of hydrogen-bond donors (Lipinski definition) is 2. The number of H-pyrrole nitrogens is 1. The fraction of sp³-hybridized carbons (Fsp3) is 0.545. The van der Waals surface area contributed by atoms with Crippen molar-refractivity contribution >= 4 is 26.9 Å². The molecule has 1 aromatic rings. The van der Waals surface area contributed by atoms with E-state index in [0.717, 1.165) is 21.6 Å². The van der Waals surface area contributed by atoms with Gasteiger partial charge in [0.25, 0.3) is 5.56 Å². The highest BCUT2D eigenvalue weighted by Gasteiger charge is 2.36. The fourth-order valence-electron chi connectivity index (χ4n) is 1.95. The van der Waals surface area contributed by atoms with Gasteiger partial charge in [-0.2, -0.15) is 4.39 Å². The zero-order chi connectivity index (χ0) is 16.3. The number of rotatable bonds is 4. The number of nitrogens with zero attached hydrogens (tertiary/aromatic N) is 1. The van der Waals surface area contributed by atoms with Crippen molar-refractivity contribution in [2.24, 2.45) is 0 Å². The molecule has 1 aliphatic rings. The lowest BCUT2D eigenvalue weighted by molar-refractivity contribution is -0.0464. The molecule has 2 heterocycles. The molecule has 11 heteroatoms. The molecule has 22 heavy (non-hydrogen) atoms. The Morgan fingerprint density at radius 2 is 2.36 bits per heavy atom. The van der Waals surface area contributed by atoms with Gasteiger partial charge in [0, 0.05) is 17.2 Å². The van der Waals surface area contributed by atoms with Gasteiger partial charge in [0.15, 0.2) is 0 Å². The van der Waals surface area contributed by atoms with Gasteiger partial charge >= 0.3 is 11.0 Å². The Balaban J connectivity index is 2.04. The van der Waals surface area contributed by atoms with Crippen molar-refractivity contribution in [3.8, 4) is 0 Å². The van der Waals surface area contributed by atoms with Gasteiger partial charge in [-0.1, -0.05) is 10.8 Å².